The lowest BCUT2D eigenvalue weighted by Gasteiger charge is -2.07. The zero-order chi connectivity index (χ0) is 15.9. The van der Waals surface area contributed by atoms with E-state index >= 15 is 0 Å². The lowest BCUT2D eigenvalue weighted by Crippen LogP contribution is -2.17. The summed E-state index contributed by atoms with van der Waals surface area (Å²) in [7, 11) is 3.14. The topological polar surface area (TPSA) is 59.9 Å². The molecule has 0 saturated carbocycles. The Labute approximate surface area is 137 Å². The van der Waals surface area contributed by atoms with Gasteiger partial charge in [0.2, 0.25) is 0 Å². The van der Waals surface area contributed by atoms with E-state index in [-0.39, 0.29) is 5.91 Å². The Bertz CT molecular complexity index is 702. The normalized spacial score (nSPS) is 10.5. The summed E-state index contributed by atoms with van der Waals surface area (Å²) >= 11 is 3.32. The van der Waals surface area contributed by atoms with E-state index in [0.717, 1.165) is 10.0 Å². The quantitative estimate of drug-likeness (QED) is 0.656. The van der Waals surface area contributed by atoms with E-state index in [2.05, 4.69) is 26.5 Å². The van der Waals surface area contributed by atoms with Crippen LogP contribution in [0.1, 0.15) is 15.9 Å². The van der Waals surface area contributed by atoms with Crippen LogP contribution in [0.2, 0.25) is 0 Å². The number of rotatable bonds is 5. The van der Waals surface area contributed by atoms with Gasteiger partial charge in [0.1, 0.15) is 0 Å². The maximum Gasteiger partial charge on any atom is 0.271 e. The fourth-order valence-electron chi connectivity index (χ4n) is 1.79. The van der Waals surface area contributed by atoms with Crippen LogP contribution in [0, 0.1) is 0 Å². The number of nitrogens with zero attached hydrogens (tertiary/aromatic N) is 1. The van der Waals surface area contributed by atoms with Crippen molar-refractivity contribution in [2.75, 3.05) is 14.2 Å². The first-order chi connectivity index (χ1) is 10.6. The third kappa shape index (κ3) is 4.08. The number of amides is 1. The smallest absolute Gasteiger partial charge is 0.271 e. The van der Waals surface area contributed by atoms with Crippen LogP contribution in [-0.4, -0.2) is 26.3 Å². The van der Waals surface area contributed by atoms with E-state index in [1.54, 1.807) is 44.6 Å². The van der Waals surface area contributed by atoms with Crippen molar-refractivity contribution in [3.63, 3.8) is 0 Å². The SMILES string of the molecule is COc1ccc(/C=N\NC(=O)c2cccc(Br)c2)cc1OC. The molecule has 0 fully saturated rings. The van der Waals surface area contributed by atoms with E-state index in [0.29, 0.717) is 17.1 Å². The molecule has 22 heavy (non-hydrogen) atoms. The van der Waals surface area contributed by atoms with Gasteiger partial charge in [-0.1, -0.05) is 22.0 Å². The Morgan fingerprint density at radius 1 is 1.14 bits per heavy atom. The molecule has 0 aromatic heterocycles. The lowest BCUT2D eigenvalue weighted by molar-refractivity contribution is 0.0955. The second kappa shape index (κ2) is 7.61. The van der Waals surface area contributed by atoms with E-state index < -0.39 is 0 Å². The number of ether oxygens (including phenoxy) is 2. The number of hydrogen-bond acceptors (Lipinski definition) is 4. The molecule has 0 radical (unpaired) electrons. The molecule has 2 aromatic rings. The standard InChI is InChI=1S/C16H15BrN2O3/c1-21-14-7-6-11(8-15(14)22-2)10-18-19-16(20)12-4-3-5-13(17)9-12/h3-10H,1-2H3,(H,19,20)/b18-10-. The lowest BCUT2D eigenvalue weighted by atomic mass is 10.2. The van der Waals surface area contributed by atoms with Crippen LogP contribution in [0.25, 0.3) is 0 Å². The molecule has 0 saturated heterocycles. The summed E-state index contributed by atoms with van der Waals surface area (Å²) in [5, 5.41) is 3.94. The van der Waals surface area contributed by atoms with Crippen LogP contribution in [0.15, 0.2) is 52.0 Å². The number of nitrogens with one attached hydrogen (secondary N) is 1. The van der Waals surface area contributed by atoms with E-state index in [4.69, 9.17) is 9.47 Å². The molecule has 114 valence electrons. The largest absolute Gasteiger partial charge is 0.493 e. The first-order valence-electron chi connectivity index (χ1n) is 6.45. The highest BCUT2D eigenvalue weighted by Crippen LogP contribution is 2.26. The van der Waals surface area contributed by atoms with Gasteiger partial charge in [0.15, 0.2) is 11.5 Å². The maximum atomic E-state index is 11.9. The molecule has 0 heterocycles. The van der Waals surface area contributed by atoms with Crippen molar-refractivity contribution >= 4 is 28.1 Å². The van der Waals surface area contributed by atoms with Gasteiger partial charge in [-0.05, 0) is 42.0 Å². The van der Waals surface area contributed by atoms with Gasteiger partial charge in [0.05, 0.1) is 20.4 Å². The first kappa shape index (κ1) is 16.0. The minimum Gasteiger partial charge on any atom is -0.493 e. The van der Waals surface area contributed by atoms with Crippen molar-refractivity contribution in [2.45, 2.75) is 0 Å². The molecule has 6 heteroatoms. The molecule has 0 spiro atoms. The second-order valence-electron chi connectivity index (χ2n) is 4.32. The van der Waals surface area contributed by atoms with Crippen molar-refractivity contribution in [3.8, 4) is 11.5 Å². The van der Waals surface area contributed by atoms with Gasteiger partial charge >= 0.3 is 0 Å². The van der Waals surface area contributed by atoms with Crippen LogP contribution in [0.5, 0.6) is 11.5 Å². The average Bonchev–Trinajstić information content (AvgIpc) is 2.54. The van der Waals surface area contributed by atoms with E-state index in [9.17, 15) is 4.79 Å². The Hall–Kier alpha value is -2.34. The molecule has 0 aliphatic rings. The number of benzene rings is 2. The Morgan fingerprint density at radius 2 is 1.91 bits per heavy atom. The molecule has 0 atom stereocenters. The van der Waals surface area contributed by atoms with Crippen molar-refractivity contribution in [1.29, 1.82) is 0 Å². The summed E-state index contributed by atoms with van der Waals surface area (Å²) < 4.78 is 11.2. The van der Waals surface area contributed by atoms with Crippen LogP contribution in [0.4, 0.5) is 0 Å². The third-order valence-electron chi connectivity index (χ3n) is 2.87. The number of carbonyl (C=O) groups excluding carboxylic acids is 1. The fraction of sp³-hybridized carbons (Fsp3) is 0.125. The van der Waals surface area contributed by atoms with Gasteiger partial charge in [-0.25, -0.2) is 5.43 Å². The summed E-state index contributed by atoms with van der Waals surface area (Å²) in [5.41, 5.74) is 3.79. The van der Waals surface area contributed by atoms with Crippen molar-refractivity contribution < 1.29 is 14.3 Å². The summed E-state index contributed by atoms with van der Waals surface area (Å²) in [4.78, 5) is 11.9. The number of methoxy groups -OCH3 is 2. The van der Waals surface area contributed by atoms with Gasteiger partial charge in [0.25, 0.3) is 5.91 Å². The molecule has 2 rings (SSSR count). The summed E-state index contributed by atoms with van der Waals surface area (Å²) in [6.45, 7) is 0. The minimum absolute atomic E-state index is 0.280. The van der Waals surface area contributed by atoms with Gasteiger partial charge in [-0.3, -0.25) is 4.79 Å². The molecule has 1 N–H and O–H groups in total. The van der Waals surface area contributed by atoms with Gasteiger partial charge < -0.3 is 9.47 Å². The van der Waals surface area contributed by atoms with E-state index in [1.165, 1.54) is 6.21 Å². The Balaban J connectivity index is 2.05. The molecule has 0 bridgehead atoms. The first-order valence-corrected chi connectivity index (χ1v) is 7.24. The highest BCUT2D eigenvalue weighted by atomic mass is 79.9. The predicted molar refractivity (Wildman–Crippen MR) is 88.7 cm³/mol. The summed E-state index contributed by atoms with van der Waals surface area (Å²) in [6.07, 6.45) is 1.54. The molecule has 0 aliphatic carbocycles. The van der Waals surface area contributed by atoms with Gasteiger partial charge in [-0.2, -0.15) is 5.10 Å². The van der Waals surface area contributed by atoms with Crippen molar-refractivity contribution in [3.05, 3.63) is 58.1 Å². The zero-order valence-corrected chi connectivity index (χ0v) is 13.8. The van der Waals surface area contributed by atoms with Crippen LogP contribution >= 0.6 is 15.9 Å². The van der Waals surface area contributed by atoms with Crippen LogP contribution in [-0.2, 0) is 0 Å². The summed E-state index contributed by atoms with van der Waals surface area (Å²) in [5.74, 6) is 0.959. The molecule has 5 nitrogen and oxygen atoms in total. The number of hydrogen-bond donors (Lipinski definition) is 1. The second-order valence-corrected chi connectivity index (χ2v) is 5.24. The average molecular weight is 363 g/mol. The summed E-state index contributed by atoms with van der Waals surface area (Å²) in [6, 6.07) is 12.4. The molecular formula is C16H15BrN2O3. The Kier molecular flexibility index (Phi) is 5.55. The minimum atomic E-state index is -0.280. The number of hydrazone groups is 1. The highest BCUT2D eigenvalue weighted by molar-refractivity contribution is 9.10. The molecule has 1 amide bonds. The van der Waals surface area contributed by atoms with Crippen molar-refractivity contribution in [2.24, 2.45) is 5.10 Å². The Morgan fingerprint density at radius 3 is 2.59 bits per heavy atom. The monoisotopic (exact) mass is 362 g/mol. The van der Waals surface area contributed by atoms with Crippen molar-refractivity contribution in [1.82, 2.24) is 5.43 Å². The van der Waals surface area contributed by atoms with E-state index in [1.807, 2.05) is 12.1 Å². The number of carbonyl (C=O) groups is 1. The number of halogens is 1. The molecular weight excluding hydrogens is 348 g/mol. The molecule has 0 aliphatic heterocycles. The fourth-order valence-corrected chi connectivity index (χ4v) is 2.19. The van der Waals surface area contributed by atoms with Crippen LogP contribution in [0.3, 0.4) is 0 Å². The predicted octanol–water partition coefficient (Wildman–Crippen LogP) is 3.23. The highest BCUT2D eigenvalue weighted by Gasteiger charge is 2.05. The zero-order valence-electron chi connectivity index (χ0n) is 12.2. The van der Waals surface area contributed by atoms with Crippen LogP contribution < -0.4 is 14.9 Å². The molecule has 2 aromatic carbocycles. The third-order valence-corrected chi connectivity index (χ3v) is 3.37. The van der Waals surface area contributed by atoms with Gasteiger partial charge in [-0.15, -0.1) is 0 Å². The maximum absolute atomic E-state index is 11.9. The van der Waals surface area contributed by atoms with Gasteiger partial charge in [0, 0.05) is 10.0 Å². The molecule has 0 unspecified atom stereocenters.